The van der Waals surface area contributed by atoms with E-state index in [0.717, 1.165) is 11.4 Å². The maximum atomic E-state index is 4.78. The predicted molar refractivity (Wildman–Crippen MR) is 97.4 cm³/mol. The smallest absolute Gasteiger partial charge is 0.289 e. The first-order valence-electron chi connectivity index (χ1n) is 8.74. The molecule has 2 aromatic rings. The number of aromatic nitrogens is 4. The molecule has 0 aliphatic heterocycles. The molecule has 125 valence electrons. The van der Waals surface area contributed by atoms with E-state index in [-0.39, 0.29) is 0 Å². The van der Waals surface area contributed by atoms with Crippen molar-refractivity contribution < 1.29 is 0 Å². The lowest BCUT2D eigenvalue weighted by Crippen LogP contribution is -2.24. The van der Waals surface area contributed by atoms with E-state index in [2.05, 4.69) is 67.5 Å². The van der Waals surface area contributed by atoms with Crippen LogP contribution in [0.3, 0.4) is 0 Å². The lowest BCUT2D eigenvalue weighted by atomic mass is 10.0. The molecular weight excluding hydrogens is 283 g/mol. The average Bonchev–Trinajstić information content (AvgIpc) is 3.03. The summed E-state index contributed by atoms with van der Waals surface area (Å²) in [5.74, 6) is 1.70. The van der Waals surface area contributed by atoms with Gasteiger partial charge in [-0.3, -0.25) is 9.19 Å². The molecule has 0 saturated carbocycles. The van der Waals surface area contributed by atoms with E-state index in [9.17, 15) is 0 Å². The van der Waals surface area contributed by atoms with Gasteiger partial charge in [-0.2, -0.15) is 10.2 Å². The van der Waals surface area contributed by atoms with E-state index in [1.807, 2.05) is 16.7 Å². The monoisotopic (exact) mass is 313 g/mol. The van der Waals surface area contributed by atoms with Crippen LogP contribution in [0.4, 0.5) is 0 Å². The van der Waals surface area contributed by atoms with E-state index in [0.29, 0.717) is 23.7 Å². The Morgan fingerprint density at radius 3 is 1.26 bits per heavy atom. The zero-order chi connectivity index (χ0) is 17.3. The highest BCUT2D eigenvalue weighted by Crippen LogP contribution is 2.22. The second-order valence-electron chi connectivity index (χ2n) is 7.61. The summed E-state index contributed by atoms with van der Waals surface area (Å²) < 4.78 is 4.01. The quantitative estimate of drug-likeness (QED) is 0.736. The first-order valence-corrected chi connectivity index (χ1v) is 8.74. The first-order chi connectivity index (χ1) is 10.7. The fourth-order valence-corrected chi connectivity index (χ4v) is 2.57. The molecule has 0 saturated heterocycles. The summed E-state index contributed by atoms with van der Waals surface area (Å²) in [6.45, 7) is 17.5. The van der Waals surface area contributed by atoms with E-state index in [4.69, 9.17) is 10.2 Å². The van der Waals surface area contributed by atoms with Crippen molar-refractivity contribution in [3.05, 3.63) is 34.9 Å². The molecule has 0 aliphatic carbocycles. The van der Waals surface area contributed by atoms with Gasteiger partial charge in [0.05, 0.1) is 11.4 Å². The zero-order valence-corrected chi connectivity index (χ0v) is 15.8. The summed E-state index contributed by atoms with van der Waals surface area (Å²) in [7, 11) is 2.03. The van der Waals surface area contributed by atoms with Gasteiger partial charge in [0.2, 0.25) is 0 Å². The van der Waals surface area contributed by atoms with Crippen LogP contribution >= 0.6 is 0 Å². The predicted octanol–water partition coefficient (Wildman–Crippen LogP) is 4.50. The Morgan fingerprint density at radius 1 is 0.652 bits per heavy atom. The number of rotatable bonds is 6. The molecule has 5 heteroatoms. The van der Waals surface area contributed by atoms with Crippen molar-refractivity contribution >= 4 is 7.55 Å². The molecule has 0 unspecified atom stereocenters. The molecule has 2 aromatic heterocycles. The fraction of sp³-hybridized carbons (Fsp3) is 0.667. The molecule has 23 heavy (non-hydrogen) atoms. The summed E-state index contributed by atoms with van der Waals surface area (Å²) in [6, 6.07) is 4.43. The van der Waals surface area contributed by atoms with Gasteiger partial charge in [0.25, 0.3) is 0 Å². The maximum absolute atomic E-state index is 4.78. The van der Waals surface area contributed by atoms with Crippen molar-refractivity contribution in [1.29, 1.82) is 0 Å². The fourth-order valence-electron chi connectivity index (χ4n) is 2.57. The van der Waals surface area contributed by atoms with Gasteiger partial charge in [0.15, 0.2) is 0 Å². The lowest BCUT2D eigenvalue weighted by molar-refractivity contribution is 0.710. The molecule has 0 bridgehead atoms. The van der Waals surface area contributed by atoms with Gasteiger partial charge in [0, 0.05) is 11.4 Å². The summed E-state index contributed by atoms with van der Waals surface area (Å²) in [5.41, 5.74) is 4.72. The van der Waals surface area contributed by atoms with Crippen molar-refractivity contribution in [2.75, 3.05) is 0 Å². The largest absolute Gasteiger partial charge is 0.437 e. The molecule has 4 nitrogen and oxygen atoms in total. The van der Waals surface area contributed by atoms with Gasteiger partial charge in [-0.05, 0) is 35.8 Å². The highest BCUT2D eigenvalue weighted by atomic mass is 15.3. The summed E-state index contributed by atoms with van der Waals surface area (Å²) in [5, 5.41) is 9.56. The van der Waals surface area contributed by atoms with Crippen LogP contribution in [0.5, 0.6) is 0 Å². The Morgan fingerprint density at radius 2 is 1.00 bits per heavy atom. The first kappa shape index (κ1) is 17.8. The van der Waals surface area contributed by atoms with Crippen LogP contribution in [0.2, 0.25) is 0 Å². The molecule has 0 N–H and O–H groups in total. The topological polar surface area (TPSA) is 35.6 Å². The molecular formula is C18H30BN4. The Balaban J connectivity index is 2.42. The van der Waals surface area contributed by atoms with Crippen molar-refractivity contribution in [1.82, 2.24) is 19.4 Å². The molecule has 2 heterocycles. The van der Waals surface area contributed by atoms with E-state index >= 15 is 0 Å². The van der Waals surface area contributed by atoms with Gasteiger partial charge in [-0.25, -0.2) is 0 Å². The van der Waals surface area contributed by atoms with Gasteiger partial charge in [-0.15, -0.1) is 0 Å². The minimum atomic E-state index is 0.425. The minimum absolute atomic E-state index is 0.425. The molecule has 2 rings (SSSR count). The third-order valence-electron chi connectivity index (χ3n) is 4.15. The molecule has 1 radical (unpaired) electrons. The molecule has 0 atom stereocenters. The minimum Gasteiger partial charge on any atom is -0.289 e. The lowest BCUT2D eigenvalue weighted by Gasteiger charge is -2.12. The Kier molecular flexibility index (Phi) is 5.38. The molecule has 0 spiro atoms. The van der Waals surface area contributed by atoms with Crippen LogP contribution in [0.25, 0.3) is 0 Å². The van der Waals surface area contributed by atoms with Crippen molar-refractivity contribution in [2.45, 2.75) is 79.1 Å². The SMILES string of the molecule is CC(C)c1cc(C(C)C)n([B]n2nc(C(C)C)cc2C(C)C)n1. The van der Waals surface area contributed by atoms with Crippen LogP contribution in [0.1, 0.15) is 102 Å². The third kappa shape index (κ3) is 3.88. The molecule has 0 fully saturated rings. The maximum Gasteiger partial charge on any atom is 0.437 e. The Bertz CT molecular complexity index is 594. The van der Waals surface area contributed by atoms with Gasteiger partial charge in [-0.1, -0.05) is 55.4 Å². The normalized spacial score (nSPS) is 12.2. The second-order valence-corrected chi connectivity index (χ2v) is 7.61. The molecule has 0 aromatic carbocycles. The van der Waals surface area contributed by atoms with Gasteiger partial charge < -0.3 is 0 Å². The van der Waals surface area contributed by atoms with E-state index in [1.165, 1.54) is 11.4 Å². The Labute approximate surface area is 141 Å². The summed E-state index contributed by atoms with van der Waals surface area (Å²) in [4.78, 5) is 0. The van der Waals surface area contributed by atoms with Crippen molar-refractivity contribution in [2.24, 2.45) is 0 Å². The average molecular weight is 313 g/mol. The highest BCUT2D eigenvalue weighted by molar-refractivity contribution is 6.31. The number of hydrogen-bond donors (Lipinski definition) is 0. The van der Waals surface area contributed by atoms with Crippen LogP contribution in [-0.2, 0) is 0 Å². The highest BCUT2D eigenvalue weighted by Gasteiger charge is 2.19. The van der Waals surface area contributed by atoms with Crippen molar-refractivity contribution in [3.8, 4) is 0 Å². The number of hydrogen-bond acceptors (Lipinski definition) is 2. The second kappa shape index (κ2) is 6.94. The van der Waals surface area contributed by atoms with Crippen LogP contribution in [0, 0.1) is 0 Å². The van der Waals surface area contributed by atoms with Crippen LogP contribution in [0.15, 0.2) is 12.1 Å². The molecule has 0 amide bonds. The van der Waals surface area contributed by atoms with E-state index in [1.54, 1.807) is 0 Å². The van der Waals surface area contributed by atoms with Crippen LogP contribution in [-0.4, -0.2) is 26.9 Å². The third-order valence-corrected chi connectivity index (χ3v) is 4.15. The zero-order valence-electron chi connectivity index (χ0n) is 15.8. The van der Waals surface area contributed by atoms with Gasteiger partial charge >= 0.3 is 7.55 Å². The number of nitrogens with zero attached hydrogens (tertiary/aromatic N) is 4. The standard InChI is InChI=1S/C18H30BN4/c1-11(2)15-9-17(13(5)6)22(20-15)19-23-18(14(7)8)10-16(21-23)12(3)4/h9-14H,1-8H3. The summed E-state index contributed by atoms with van der Waals surface area (Å²) >= 11 is 0. The van der Waals surface area contributed by atoms with Gasteiger partial charge in [0.1, 0.15) is 0 Å². The summed E-state index contributed by atoms with van der Waals surface area (Å²) in [6.07, 6.45) is 0. The van der Waals surface area contributed by atoms with Crippen molar-refractivity contribution in [3.63, 3.8) is 0 Å². The van der Waals surface area contributed by atoms with Crippen LogP contribution < -0.4 is 0 Å². The van der Waals surface area contributed by atoms with E-state index < -0.39 is 0 Å². The molecule has 0 aliphatic rings. The Hall–Kier alpha value is -1.52.